The van der Waals surface area contributed by atoms with Gasteiger partial charge in [0.25, 0.3) is 0 Å². The fourth-order valence-electron chi connectivity index (χ4n) is 1.94. The molecule has 1 amide bonds. The number of carbonyl (C=O) groups excluding carboxylic acids is 1. The summed E-state index contributed by atoms with van der Waals surface area (Å²) in [6.07, 6.45) is 3.88. The van der Waals surface area contributed by atoms with Crippen molar-refractivity contribution in [3.05, 3.63) is 18.0 Å². The Labute approximate surface area is 96.0 Å². The van der Waals surface area contributed by atoms with Gasteiger partial charge in [-0.15, -0.1) is 0 Å². The summed E-state index contributed by atoms with van der Waals surface area (Å²) in [6.45, 7) is 6.76. The Morgan fingerprint density at radius 3 is 3.00 bits per heavy atom. The van der Waals surface area contributed by atoms with Gasteiger partial charge in [-0.3, -0.25) is 9.48 Å². The predicted octanol–water partition coefficient (Wildman–Crippen LogP) is 1.88. The molecule has 0 aromatic carbocycles. The summed E-state index contributed by atoms with van der Waals surface area (Å²) in [5, 5.41) is 7.34. The van der Waals surface area contributed by atoms with Crippen molar-refractivity contribution in [3.8, 4) is 0 Å². The number of carbonyl (C=O) groups is 1. The van der Waals surface area contributed by atoms with Crippen LogP contribution in [0.15, 0.2) is 12.3 Å². The van der Waals surface area contributed by atoms with Crippen LogP contribution in [0.3, 0.4) is 0 Å². The van der Waals surface area contributed by atoms with E-state index >= 15 is 0 Å². The van der Waals surface area contributed by atoms with Gasteiger partial charge in [-0.25, -0.2) is 0 Å². The third-order valence-electron chi connectivity index (χ3n) is 2.96. The average molecular weight is 221 g/mol. The Kier molecular flexibility index (Phi) is 2.74. The minimum Gasteiger partial charge on any atom is -0.347 e. The maximum absolute atomic E-state index is 11.9. The van der Waals surface area contributed by atoms with E-state index in [4.69, 9.17) is 0 Å². The van der Waals surface area contributed by atoms with Crippen molar-refractivity contribution >= 4 is 5.91 Å². The van der Waals surface area contributed by atoms with Gasteiger partial charge in [-0.05, 0) is 18.9 Å². The number of nitrogens with zero attached hydrogens (tertiary/aromatic N) is 2. The van der Waals surface area contributed by atoms with Crippen LogP contribution in [0.1, 0.15) is 45.3 Å². The highest BCUT2D eigenvalue weighted by atomic mass is 16.2. The number of hydrogen-bond donors (Lipinski definition) is 1. The Hall–Kier alpha value is -1.32. The number of aryl methyl sites for hydroxylation is 1. The second kappa shape index (κ2) is 3.92. The SMILES string of the molecule is CC(C)(C)C(=O)NC1CCCn2nccc21. The quantitative estimate of drug-likeness (QED) is 0.787. The Morgan fingerprint density at radius 2 is 2.31 bits per heavy atom. The van der Waals surface area contributed by atoms with Crippen molar-refractivity contribution in [3.63, 3.8) is 0 Å². The zero-order chi connectivity index (χ0) is 11.8. The molecule has 0 aliphatic carbocycles. The fourth-order valence-corrected chi connectivity index (χ4v) is 1.94. The Morgan fingerprint density at radius 1 is 1.56 bits per heavy atom. The zero-order valence-electron chi connectivity index (χ0n) is 10.2. The monoisotopic (exact) mass is 221 g/mol. The number of nitrogens with one attached hydrogen (secondary N) is 1. The normalized spacial score (nSPS) is 20.3. The van der Waals surface area contributed by atoms with E-state index in [1.54, 1.807) is 6.20 Å². The van der Waals surface area contributed by atoms with Crippen LogP contribution in [-0.2, 0) is 11.3 Å². The summed E-state index contributed by atoms with van der Waals surface area (Å²) in [6, 6.07) is 2.12. The van der Waals surface area contributed by atoms with Crippen LogP contribution in [-0.4, -0.2) is 15.7 Å². The van der Waals surface area contributed by atoms with Crippen molar-refractivity contribution in [1.82, 2.24) is 15.1 Å². The second-order valence-corrected chi connectivity index (χ2v) is 5.40. The third kappa shape index (κ3) is 2.10. The maximum atomic E-state index is 11.9. The highest BCUT2D eigenvalue weighted by Gasteiger charge is 2.27. The molecule has 0 radical (unpaired) electrons. The topological polar surface area (TPSA) is 46.9 Å². The molecule has 0 spiro atoms. The lowest BCUT2D eigenvalue weighted by Crippen LogP contribution is -2.39. The van der Waals surface area contributed by atoms with E-state index in [-0.39, 0.29) is 17.4 Å². The molecule has 2 heterocycles. The van der Waals surface area contributed by atoms with Gasteiger partial charge in [0, 0.05) is 18.2 Å². The molecule has 1 aromatic rings. The molecule has 1 unspecified atom stereocenters. The van der Waals surface area contributed by atoms with Gasteiger partial charge < -0.3 is 5.32 Å². The van der Waals surface area contributed by atoms with Crippen molar-refractivity contribution in [2.45, 2.75) is 46.2 Å². The van der Waals surface area contributed by atoms with Crippen LogP contribution in [0.25, 0.3) is 0 Å². The molecule has 16 heavy (non-hydrogen) atoms. The van der Waals surface area contributed by atoms with Crippen LogP contribution >= 0.6 is 0 Å². The minimum atomic E-state index is -0.331. The summed E-state index contributed by atoms with van der Waals surface area (Å²) in [4.78, 5) is 11.9. The van der Waals surface area contributed by atoms with E-state index in [9.17, 15) is 4.79 Å². The van der Waals surface area contributed by atoms with Crippen LogP contribution < -0.4 is 5.32 Å². The Bertz CT molecular complexity index is 389. The summed E-state index contributed by atoms with van der Waals surface area (Å²) in [5.74, 6) is 0.104. The predicted molar refractivity (Wildman–Crippen MR) is 61.8 cm³/mol. The highest BCUT2D eigenvalue weighted by molar-refractivity contribution is 5.81. The van der Waals surface area contributed by atoms with E-state index in [0.717, 1.165) is 25.1 Å². The highest BCUT2D eigenvalue weighted by Crippen LogP contribution is 2.25. The van der Waals surface area contributed by atoms with E-state index in [1.165, 1.54) is 0 Å². The Balaban J connectivity index is 2.11. The van der Waals surface area contributed by atoms with E-state index < -0.39 is 0 Å². The van der Waals surface area contributed by atoms with Gasteiger partial charge in [-0.2, -0.15) is 5.10 Å². The number of rotatable bonds is 1. The van der Waals surface area contributed by atoms with E-state index in [2.05, 4.69) is 10.4 Å². The smallest absolute Gasteiger partial charge is 0.225 e. The molecule has 1 atom stereocenters. The summed E-state index contributed by atoms with van der Waals surface area (Å²) < 4.78 is 1.98. The fraction of sp³-hybridized carbons (Fsp3) is 0.667. The third-order valence-corrected chi connectivity index (χ3v) is 2.96. The zero-order valence-corrected chi connectivity index (χ0v) is 10.2. The lowest BCUT2D eigenvalue weighted by atomic mass is 9.94. The van der Waals surface area contributed by atoms with Gasteiger partial charge in [0.2, 0.25) is 5.91 Å². The first kappa shape index (κ1) is 11.2. The van der Waals surface area contributed by atoms with Crippen LogP contribution in [0, 0.1) is 5.41 Å². The molecule has 1 aromatic heterocycles. The molecule has 4 nitrogen and oxygen atoms in total. The molecule has 2 rings (SSSR count). The van der Waals surface area contributed by atoms with Crippen LogP contribution in [0.5, 0.6) is 0 Å². The van der Waals surface area contributed by atoms with Crippen molar-refractivity contribution in [2.75, 3.05) is 0 Å². The lowest BCUT2D eigenvalue weighted by molar-refractivity contribution is -0.129. The van der Waals surface area contributed by atoms with Gasteiger partial charge in [-0.1, -0.05) is 20.8 Å². The molecule has 0 saturated carbocycles. The number of hydrogen-bond acceptors (Lipinski definition) is 2. The van der Waals surface area contributed by atoms with Crippen molar-refractivity contribution < 1.29 is 4.79 Å². The van der Waals surface area contributed by atoms with Gasteiger partial charge in [0.1, 0.15) is 0 Å². The van der Waals surface area contributed by atoms with Crippen LogP contribution in [0.2, 0.25) is 0 Å². The summed E-state index contributed by atoms with van der Waals surface area (Å²) in [7, 11) is 0. The average Bonchev–Trinajstić information content (AvgIpc) is 2.65. The minimum absolute atomic E-state index is 0.104. The maximum Gasteiger partial charge on any atom is 0.225 e. The molecule has 1 aliphatic rings. The first-order chi connectivity index (χ1) is 7.48. The number of aromatic nitrogens is 2. The second-order valence-electron chi connectivity index (χ2n) is 5.40. The standard InChI is InChI=1S/C12H19N3O/c1-12(2,3)11(16)14-9-5-4-8-15-10(9)6-7-13-15/h6-7,9H,4-5,8H2,1-3H3,(H,14,16). The van der Waals surface area contributed by atoms with E-state index in [1.807, 2.05) is 31.5 Å². The van der Waals surface area contributed by atoms with E-state index in [0.29, 0.717) is 0 Å². The molecule has 0 saturated heterocycles. The molecule has 0 bridgehead atoms. The number of fused-ring (bicyclic) bond motifs is 1. The first-order valence-electron chi connectivity index (χ1n) is 5.81. The molecular weight excluding hydrogens is 202 g/mol. The number of amides is 1. The van der Waals surface area contributed by atoms with Crippen molar-refractivity contribution in [1.29, 1.82) is 0 Å². The molecule has 88 valence electrons. The largest absolute Gasteiger partial charge is 0.347 e. The van der Waals surface area contributed by atoms with Gasteiger partial charge >= 0.3 is 0 Å². The summed E-state index contributed by atoms with van der Waals surface area (Å²) in [5.41, 5.74) is 0.798. The van der Waals surface area contributed by atoms with Gasteiger partial charge in [0.15, 0.2) is 0 Å². The van der Waals surface area contributed by atoms with Gasteiger partial charge in [0.05, 0.1) is 11.7 Å². The molecule has 4 heteroatoms. The molecule has 0 fully saturated rings. The summed E-state index contributed by atoms with van der Waals surface area (Å²) >= 11 is 0. The first-order valence-corrected chi connectivity index (χ1v) is 5.81. The van der Waals surface area contributed by atoms with Crippen LogP contribution in [0.4, 0.5) is 0 Å². The molecular formula is C12H19N3O. The molecule has 1 aliphatic heterocycles. The molecule has 1 N–H and O–H groups in total. The lowest BCUT2D eigenvalue weighted by Gasteiger charge is -2.27. The van der Waals surface area contributed by atoms with Crippen molar-refractivity contribution in [2.24, 2.45) is 5.41 Å².